The van der Waals surface area contributed by atoms with E-state index in [-0.39, 0.29) is 16.1 Å². The van der Waals surface area contributed by atoms with Gasteiger partial charge < -0.3 is 10.1 Å². The minimum absolute atomic E-state index is 0.215. The molecule has 3 aromatic rings. The lowest BCUT2D eigenvalue weighted by Crippen LogP contribution is -2.25. The molecule has 0 radical (unpaired) electrons. The highest BCUT2D eigenvalue weighted by atomic mass is 35.5. The zero-order valence-corrected chi connectivity index (χ0v) is 19.8. The molecule has 1 aliphatic rings. The number of anilines is 2. The molecular weight excluding hydrogens is 486 g/mol. The molecule has 2 N–H and O–H groups in total. The zero-order valence-electron chi connectivity index (χ0n) is 17.4. The van der Waals surface area contributed by atoms with E-state index in [0.29, 0.717) is 39.3 Å². The average Bonchev–Trinajstić information content (AvgIpc) is 3.55. The second-order valence-electron chi connectivity index (χ2n) is 7.48. The Kier molecular flexibility index (Phi) is 6.68. The van der Waals surface area contributed by atoms with E-state index < -0.39 is 21.8 Å². The molecule has 1 unspecified atom stereocenters. The molecule has 1 heterocycles. The molecule has 1 atom stereocenters. The van der Waals surface area contributed by atoms with Crippen molar-refractivity contribution in [3.05, 3.63) is 64.6 Å². The first-order valence-corrected chi connectivity index (χ1v) is 12.8. The van der Waals surface area contributed by atoms with Crippen molar-refractivity contribution in [1.82, 2.24) is 4.98 Å². The van der Waals surface area contributed by atoms with E-state index in [9.17, 15) is 18.0 Å². The topological polar surface area (TPSA) is 114 Å². The Morgan fingerprint density at radius 1 is 1.15 bits per heavy atom. The van der Waals surface area contributed by atoms with Crippen molar-refractivity contribution >= 4 is 55.4 Å². The number of sulfone groups is 1. The molecule has 1 aliphatic carbocycles. The number of thiazole rings is 1. The summed E-state index contributed by atoms with van der Waals surface area (Å²) >= 11 is 7.00. The smallest absolute Gasteiger partial charge is 0.271 e. The van der Waals surface area contributed by atoms with Gasteiger partial charge in [0.25, 0.3) is 5.91 Å². The molecule has 11 heteroatoms. The van der Waals surface area contributed by atoms with Crippen LogP contribution in [0.25, 0.3) is 0 Å². The number of nitrogens with one attached hydrogen (secondary N) is 2. The van der Waals surface area contributed by atoms with Crippen molar-refractivity contribution in [3.8, 4) is 5.75 Å². The average molecular weight is 506 g/mol. The Hall–Kier alpha value is -2.95. The number of amides is 2. The van der Waals surface area contributed by atoms with Gasteiger partial charge in [-0.3, -0.25) is 14.9 Å². The van der Waals surface area contributed by atoms with Gasteiger partial charge in [-0.25, -0.2) is 13.4 Å². The number of benzene rings is 2. The molecule has 0 aliphatic heterocycles. The molecule has 1 fully saturated rings. The van der Waals surface area contributed by atoms with Crippen LogP contribution in [0.4, 0.5) is 10.8 Å². The molecule has 2 amide bonds. The second kappa shape index (κ2) is 9.50. The first-order chi connectivity index (χ1) is 15.7. The molecule has 1 aromatic heterocycles. The molecule has 4 rings (SSSR count). The Balaban J connectivity index is 1.62. The van der Waals surface area contributed by atoms with Crippen molar-refractivity contribution in [2.24, 2.45) is 0 Å². The number of nitrogens with zero attached hydrogens (tertiary/aromatic N) is 1. The van der Waals surface area contributed by atoms with Gasteiger partial charge in [-0.1, -0.05) is 41.1 Å². The van der Waals surface area contributed by atoms with Crippen LogP contribution in [0.1, 0.15) is 31.4 Å². The van der Waals surface area contributed by atoms with Crippen LogP contribution in [-0.2, 0) is 19.4 Å². The number of hydrogen-bond acceptors (Lipinski definition) is 7. The number of hydrogen-bond donors (Lipinski definition) is 2. The second-order valence-corrected chi connectivity index (χ2v) is 11.4. The first-order valence-electron chi connectivity index (χ1n) is 10.0. The summed E-state index contributed by atoms with van der Waals surface area (Å²) in [7, 11) is -3.35. The number of ether oxygens (including phenoxy) is 1. The minimum Gasteiger partial charge on any atom is -0.476 e. The lowest BCUT2D eigenvalue weighted by atomic mass is 10.1. The van der Waals surface area contributed by atoms with Crippen LogP contribution in [0.3, 0.4) is 0 Å². The minimum atomic E-state index is -3.35. The molecular formula is C22H20ClN3O5S2. The highest BCUT2D eigenvalue weighted by molar-refractivity contribution is 7.92. The van der Waals surface area contributed by atoms with E-state index in [1.165, 1.54) is 25.3 Å². The molecule has 33 heavy (non-hydrogen) atoms. The molecule has 0 spiro atoms. The molecule has 0 saturated heterocycles. The van der Waals surface area contributed by atoms with Crippen LogP contribution in [0.15, 0.2) is 59.6 Å². The van der Waals surface area contributed by atoms with Crippen LogP contribution in [0, 0.1) is 0 Å². The maximum absolute atomic E-state index is 13.1. The normalized spacial score (nSPS) is 14.4. The summed E-state index contributed by atoms with van der Waals surface area (Å²) in [5.74, 6) is -0.411. The molecule has 8 nitrogen and oxygen atoms in total. The van der Waals surface area contributed by atoms with E-state index >= 15 is 0 Å². The summed E-state index contributed by atoms with van der Waals surface area (Å²) in [4.78, 5) is 28.7. The Morgan fingerprint density at radius 2 is 1.88 bits per heavy atom. The van der Waals surface area contributed by atoms with Gasteiger partial charge >= 0.3 is 0 Å². The SMILES string of the molecule is CC(=O)Nc1cccc(OC(C(=O)Nc2ncc(Cl)s2)c2ccc(S(=O)(=O)C3CC3)cc2)c1. The molecule has 172 valence electrons. The Bertz CT molecular complexity index is 1290. The standard InChI is InChI=1S/C22H20ClN3O5S2/c1-13(27)25-15-3-2-4-16(11-15)31-20(21(28)26-22-24-12-19(23)32-22)14-5-7-17(8-6-14)33(29,30)18-9-10-18/h2-8,11-12,18,20H,9-10H2,1H3,(H,25,27)(H,24,26,28). The summed E-state index contributed by atoms with van der Waals surface area (Å²) in [6, 6.07) is 12.7. The highest BCUT2D eigenvalue weighted by Crippen LogP contribution is 2.34. The van der Waals surface area contributed by atoms with Gasteiger partial charge in [0.2, 0.25) is 12.0 Å². The largest absolute Gasteiger partial charge is 0.476 e. The fourth-order valence-corrected chi connectivity index (χ4v) is 5.62. The van der Waals surface area contributed by atoms with Crippen molar-refractivity contribution in [1.29, 1.82) is 0 Å². The lowest BCUT2D eigenvalue weighted by molar-refractivity contribution is -0.123. The zero-order chi connectivity index (χ0) is 23.6. The monoisotopic (exact) mass is 505 g/mol. The molecule has 1 saturated carbocycles. The Labute approximate surface area is 199 Å². The van der Waals surface area contributed by atoms with E-state index in [4.69, 9.17) is 16.3 Å². The van der Waals surface area contributed by atoms with E-state index in [1.54, 1.807) is 36.4 Å². The van der Waals surface area contributed by atoms with Gasteiger partial charge in [0.05, 0.1) is 16.3 Å². The number of carbonyl (C=O) groups is 2. The van der Waals surface area contributed by atoms with Crippen molar-refractivity contribution in [2.75, 3.05) is 10.6 Å². The van der Waals surface area contributed by atoms with Crippen molar-refractivity contribution in [3.63, 3.8) is 0 Å². The summed E-state index contributed by atoms with van der Waals surface area (Å²) in [5.41, 5.74) is 0.964. The van der Waals surface area contributed by atoms with Crippen molar-refractivity contribution < 1.29 is 22.7 Å². The van der Waals surface area contributed by atoms with E-state index in [1.807, 2.05) is 0 Å². The van der Waals surface area contributed by atoms with Crippen LogP contribution in [-0.4, -0.2) is 30.5 Å². The highest BCUT2D eigenvalue weighted by Gasteiger charge is 2.37. The van der Waals surface area contributed by atoms with Gasteiger partial charge in [0, 0.05) is 24.2 Å². The number of rotatable bonds is 8. The van der Waals surface area contributed by atoms with Crippen LogP contribution < -0.4 is 15.4 Å². The van der Waals surface area contributed by atoms with Gasteiger partial charge in [-0.15, -0.1) is 0 Å². The Morgan fingerprint density at radius 3 is 2.48 bits per heavy atom. The number of carbonyl (C=O) groups excluding carboxylic acids is 2. The van der Waals surface area contributed by atoms with Gasteiger partial charge in [-0.2, -0.15) is 0 Å². The third-order valence-electron chi connectivity index (χ3n) is 4.83. The van der Waals surface area contributed by atoms with Crippen LogP contribution in [0.5, 0.6) is 5.75 Å². The number of halogens is 1. The lowest BCUT2D eigenvalue weighted by Gasteiger charge is -2.19. The predicted molar refractivity (Wildman–Crippen MR) is 127 cm³/mol. The van der Waals surface area contributed by atoms with Crippen LogP contribution in [0.2, 0.25) is 4.34 Å². The fourth-order valence-electron chi connectivity index (χ4n) is 3.15. The van der Waals surface area contributed by atoms with E-state index in [2.05, 4.69) is 15.6 Å². The van der Waals surface area contributed by atoms with Gasteiger partial charge in [0.15, 0.2) is 15.0 Å². The maximum atomic E-state index is 13.1. The molecule has 0 bridgehead atoms. The third kappa shape index (κ3) is 5.70. The predicted octanol–water partition coefficient (Wildman–Crippen LogP) is 4.45. The van der Waals surface area contributed by atoms with Crippen LogP contribution >= 0.6 is 22.9 Å². The number of aromatic nitrogens is 1. The summed E-state index contributed by atoms with van der Waals surface area (Å²) < 4.78 is 31.4. The quantitative estimate of drug-likeness (QED) is 0.467. The fraction of sp³-hybridized carbons (Fsp3) is 0.227. The summed E-state index contributed by atoms with van der Waals surface area (Å²) in [5, 5.41) is 5.31. The van der Waals surface area contributed by atoms with Gasteiger partial charge in [-0.05, 0) is 37.1 Å². The summed E-state index contributed by atoms with van der Waals surface area (Å²) in [6.45, 7) is 1.39. The summed E-state index contributed by atoms with van der Waals surface area (Å²) in [6.07, 6.45) is 1.64. The third-order valence-corrected chi connectivity index (χ3v) is 8.14. The van der Waals surface area contributed by atoms with Gasteiger partial charge in [0.1, 0.15) is 10.1 Å². The first kappa shape index (κ1) is 23.2. The van der Waals surface area contributed by atoms with E-state index in [0.717, 1.165) is 11.3 Å². The van der Waals surface area contributed by atoms with Crippen molar-refractivity contribution in [2.45, 2.75) is 36.0 Å². The molecule has 2 aromatic carbocycles. The maximum Gasteiger partial charge on any atom is 0.271 e.